The lowest BCUT2D eigenvalue weighted by atomic mass is 10.1. The molecule has 0 fully saturated rings. The number of aryl methyl sites for hydroxylation is 1. The minimum atomic E-state index is -3.61. The molecule has 0 aliphatic rings. The maximum absolute atomic E-state index is 11.9. The Kier molecular flexibility index (Phi) is 4.70. The Labute approximate surface area is 113 Å². The van der Waals surface area contributed by atoms with Gasteiger partial charge in [0.25, 0.3) is 0 Å². The first-order valence-electron chi connectivity index (χ1n) is 5.92. The Morgan fingerprint density at radius 2 is 2.05 bits per heavy atom. The highest BCUT2D eigenvalue weighted by Crippen LogP contribution is 2.10. The van der Waals surface area contributed by atoms with E-state index in [1.807, 2.05) is 20.8 Å². The van der Waals surface area contributed by atoms with Crippen LogP contribution >= 0.6 is 0 Å². The van der Waals surface area contributed by atoms with Crippen molar-refractivity contribution in [2.24, 2.45) is 0 Å². The number of hydrogen-bond acceptors (Lipinski definition) is 4. The maximum Gasteiger partial charge on any atom is 0.243 e. The Morgan fingerprint density at radius 3 is 2.53 bits per heavy atom. The van der Waals surface area contributed by atoms with Crippen molar-refractivity contribution in [1.29, 1.82) is 0 Å². The van der Waals surface area contributed by atoms with Gasteiger partial charge in [-0.1, -0.05) is 0 Å². The van der Waals surface area contributed by atoms with Crippen molar-refractivity contribution < 1.29 is 13.2 Å². The average Bonchev–Trinajstić information content (AvgIpc) is 2.61. The van der Waals surface area contributed by atoms with Crippen LogP contribution in [0, 0.1) is 6.92 Å². The van der Waals surface area contributed by atoms with Crippen molar-refractivity contribution in [3.63, 3.8) is 0 Å². The zero-order chi connectivity index (χ0) is 14.7. The summed E-state index contributed by atoms with van der Waals surface area (Å²) in [6.07, 6.45) is 1.33. The highest BCUT2D eigenvalue weighted by atomic mass is 32.2. The van der Waals surface area contributed by atoms with E-state index < -0.39 is 10.0 Å². The van der Waals surface area contributed by atoms with Crippen molar-refractivity contribution in [2.75, 3.05) is 6.54 Å². The minimum Gasteiger partial charge on any atom is -0.351 e. The molecule has 1 rings (SSSR count). The fourth-order valence-corrected chi connectivity index (χ4v) is 2.63. The summed E-state index contributed by atoms with van der Waals surface area (Å²) in [6, 6.07) is 0. The standard InChI is InChI=1S/C11H20N4O3S/c1-8-9(7-12-15-8)19(17,18)13-6-5-10(16)14-11(2,3)4/h7,13H,5-6H2,1-4H3,(H,12,15)(H,14,16). The molecule has 0 saturated heterocycles. The molecule has 1 amide bonds. The van der Waals surface area contributed by atoms with E-state index in [0.29, 0.717) is 5.69 Å². The number of aromatic amines is 1. The number of sulfonamides is 1. The molecule has 0 radical (unpaired) electrons. The predicted molar refractivity (Wildman–Crippen MR) is 71.0 cm³/mol. The number of nitrogens with one attached hydrogen (secondary N) is 3. The van der Waals surface area contributed by atoms with Gasteiger partial charge in [0.15, 0.2) is 0 Å². The van der Waals surface area contributed by atoms with E-state index >= 15 is 0 Å². The topological polar surface area (TPSA) is 104 Å². The molecule has 0 atom stereocenters. The Morgan fingerprint density at radius 1 is 1.42 bits per heavy atom. The van der Waals surface area contributed by atoms with Crippen molar-refractivity contribution in [1.82, 2.24) is 20.2 Å². The molecule has 0 spiro atoms. The van der Waals surface area contributed by atoms with E-state index in [1.54, 1.807) is 6.92 Å². The molecule has 0 unspecified atom stereocenters. The zero-order valence-corrected chi connectivity index (χ0v) is 12.4. The molecule has 1 heterocycles. The average molecular weight is 288 g/mol. The van der Waals surface area contributed by atoms with Crippen LogP contribution in [0.4, 0.5) is 0 Å². The SMILES string of the molecule is Cc1[nH]ncc1S(=O)(=O)NCCC(=O)NC(C)(C)C. The van der Waals surface area contributed by atoms with Gasteiger partial charge in [0.2, 0.25) is 15.9 Å². The molecule has 8 heteroatoms. The fourth-order valence-electron chi connectivity index (χ4n) is 1.47. The molecule has 0 aliphatic heterocycles. The van der Waals surface area contributed by atoms with Crippen LogP contribution in [-0.2, 0) is 14.8 Å². The number of rotatable bonds is 5. The quantitative estimate of drug-likeness (QED) is 0.725. The summed E-state index contributed by atoms with van der Waals surface area (Å²) in [5, 5.41) is 8.97. The summed E-state index contributed by atoms with van der Waals surface area (Å²) in [5.74, 6) is -0.195. The van der Waals surface area contributed by atoms with Gasteiger partial charge in [-0.3, -0.25) is 9.89 Å². The molecule has 0 saturated carbocycles. The van der Waals surface area contributed by atoms with Crippen LogP contribution in [0.5, 0.6) is 0 Å². The molecule has 0 bridgehead atoms. The second-order valence-corrected chi connectivity index (χ2v) is 7.04. The van der Waals surface area contributed by atoms with Crippen LogP contribution in [0.3, 0.4) is 0 Å². The monoisotopic (exact) mass is 288 g/mol. The Bertz CT molecular complexity index is 543. The van der Waals surface area contributed by atoms with Gasteiger partial charge in [0.1, 0.15) is 4.90 Å². The van der Waals surface area contributed by atoms with Gasteiger partial charge >= 0.3 is 0 Å². The molecular weight excluding hydrogens is 268 g/mol. The molecule has 0 aliphatic carbocycles. The molecule has 19 heavy (non-hydrogen) atoms. The second-order valence-electron chi connectivity index (χ2n) is 5.31. The van der Waals surface area contributed by atoms with Gasteiger partial charge in [-0.15, -0.1) is 0 Å². The first-order chi connectivity index (χ1) is 8.62. The lowest BCUT2D eigenvalue weighted by Crippen LogP contribution is -2.41. The van der Waals surface area contributed by atoms with Gasteiger partial charge in [0.05, 0.1) is 11.9 Å². The number of hydrogen-bond donors (Lipinski definition) is 3. The number of aromatic nitrogens is 2. The first kappa shape index (κ1) is 15.6. The van der Waals surface area contributed by atoms with E-state index in [9.17, 15) is 13.2 Å². The summed E-state index contributed by atoms with van der Waals surface area (Å²) >= 11 is 0. The summed E-state index contributed by atoms with van der Waals surface area (Å²) in [5.41, 5.74) is 0.142. The third-order valence-corrected chi connectivity index (χ3v) is 3.81. The minimum absolute atomic E-state index is 0.0505. The molecule has 1 aromatic heterocycles. The Hall–Kier alpha value is -1.41. The fraction of sp³-hybridized carbons (Fsp3) is 0.636. The molecule has 3 N–H and O–H groups in total. The highest BCUT2D eigenvalue weighted by Gasteiger charge is 2.19. The number of carbonyl (C=O) groups is 1. The van der Waals surface area contributed by atoms with Crippen molar-refractivity contribution in [2.45, 2.75) is 44.6 Å². The lowest BCUT2D eigenvalue weighted by Gasteiger charge is -2.20. The smallest absolute Gasteiger partial charge is 0.243 e. The van der Waals surface area contributed by atoms with Crippen LogP contribution in [0.1, 0.15) is 32.9 Å². The second kappa shape index (κ2) is 5.70. The zero-order valence-electron chi connectivity index (χ0n) is 11.6. The summed E-state index contributed by atoms with van der Waals surface area (Å²) in [7, 11) is -3.61. The first-order valence-corrected chi connectivity index (χ1v) is 7.41. The highest BCUT2D eigenvalue weighted by molar-refractivity contribution is 7.89. The van der Waals surface area contributed by atoms with Crippen LogP contribution < -0.4 is 10.0 Å². The van der Waals surface area contributed by atoms with E-state index in [1.165, 1.54) is 6.20 Å². The van der Waals surface area contributed by atoms with Gasteiger partial charge in [0, 0.05) is 18.5 Å². The number of amides is 1. The third-order valence-electron chi connectivity index (χ3n) is 2.23. The van der Waals surface area contributed by atoms with Crippen LogP contribution in [0.2, 0.25) is 0 Å². The van der Waals surface area contributed by atoms with Crippen LogP contribution in [-0.4, -0.2) is 36.6 Å². The summed E-state index contributed by atoms with van der Waals surface area (Å²) < 4.78 is 26.1. The van der Waals surface area contributed by atoms with E-state index in [4.69, 9.17) is 0 Å². The van der Waals surface area contributed by atoms with Crippen molar-refractivity contribution >= 4 is 15.9 Å². The van der Waals surface area contributed by atoms with Gasteiger partial charge in [-0.2, -0.15) is 5.10 Å². The largest absolute Gasteiger partial charge is 0.351 e. The van der Waals surface area contributed by atoms with E-state index in [2.05, 4.69) is 20.2 Å². The molecular formula is C11H20N4O3S. The number of nitrogens with zero attached hydrogens (tertiary/aromatic N) is 1. The third kappa shape index (κ3) is 4.99. The molecule has 7 nitrogen and oxygen atoms in total. The predicted octanol–water partition coefficient (Wildman–Crippen LogP) is 0.301. The Balaban J connectivity index is 2.50. The van der Waals surface area contributed by atoms with Crippen LogP contribution in [0.25, 0.3) is 0 Å². The summed E-state index contributed by atoms with van der Waals surface area (Å²) in [4.78, 5) is 11.6. The molecule has 0 aromatic carbocycles. The maximum atomic E-state index is 11.9. The van der Waals surface area contributed by atoms with Crippen molar-refractivity contribution in [3.05, 3.63) is 11.9 Å². The van der Waals surface area contributed by atoms with Gasteiger partial charge in [-0.05, 0) is 27.7 Å². The van der Waals surface area contributed by atoms with Crippen LogP contribution in [0.15, 0.2) is 11.1 Å². The van der Waals surface area contributed by atoms with Gasteiger partial charge < -0.3 is 5.32 Å². The summed E-state index contributed by atoms with van der Waals surface area (Å²) in [6.45, 7) is 7.26. The molecule has 1 aromatic rings. The number of carbonyl (C=O) groups excluding carboxylic acids is 1. The van der Waals surface area contributed by atoms with E-state index in [0.717, 1.165) is 0 Å². The van der Waals surface area contributed by atoms with Gasteiger partial charge in [-0.25, -0.2) is 13.1 Å². The van der Waals surface area contributed by atoms with Crippen molar-refractivity contribution in [3.8, 4) is 0 Å². The molecule has 108 valence electrons. The normalized spacial score (nSPS) is 12.4. The van der Waals surface area contributed by atoms with E-state index in [-0.39, 0.29) is 29.3 Å². The number of H-pyrrole nitrogens is 1. The lowest BCUT2D eigenvalue weighted by molar-refractivity contribution is -0.122.